The van der Waals surface area contributed by atoms with Crippen LogP contribution in [0.5, 0.6) is 0 Å². The molecule has 0 radical (unpaired) electrons. The van der Waals surface area contributed by atoms with Crippen molar-refractivity contribution in [2.75, 3.05) is 11.1 Å². The monoisotopic (exact) mass is 526 g/mol. The number of nitrogens with one attached hydrogen (secondary N) is 1. The Morgan fingerprint density at radius 2 is 1.71 bits per heavy atom. The van der Waals surface area contributed by atoms with E-state index in [2.05, 4.69) is 48.4 Å². The zero-order valence-corrected chi connectivity index (χ0v) is 22.7. The van der Waals surface area contributed by atoms with E-state index in [1.807, 2.05) is 72.2 Å². The van der Waals surface area contributed by atoms with Gasteiger partial charge >= 0.3 is 0 Å². The van der Waals surface area contributed by atoms with Crippen LogP contribution in [0.15, 0.2) is 88.6 Å². The molecule has 8 nitrogen and oxygen atoms in total. The van der Waals surface area contributed by atoms with Crippen molar-refractivity contribution in [2.45, 2.75) is 44.8 Å². The molecule has 2 aromatic carbocycles. The van der Waals surface area contributed by atoms with E-state index in [-0.39, 0.29) is 17.1 Å². The summed E-state index contributed by atoms with van der Waals surface area (Å²) < 4.78 is 9.31. The third-order valence-electron chi connectivity index (χ3n) is 6.08. The molecule has 0 bridgehead atoms. The third-order valence-corrected chi connectivity index (χ3v) is 7.05. The van der Waals surface area contributed by atoms with E-state index in [4.69, 9.17) is 9.52 Å². The van der Waals surface area contributed by atoms with Gasteiger partial charge in [-0.15, -0.1) is 10.2 Å². The molecule has 0 unspecified atom stereocenters. The molecule has 3 aromatic heterocycles. The quantitative estimate of drug-likeness (QED) is 0.245. The summed E-state index contributed by atoms with van der Waals surface area (Å²) in [5.74, 6) is 2.13. The molecular weight excluding hydrogens is 496 g/mol. The van der Waals surface area contributed by atoms with Crippen LogP contribution >= 0.6 is 11.8 Å². The molecule has 0 aliphatic rings. The van der Waals surface area contributed by atoms with Crippen LogP contribution in [0.4, 0.5) is 5.82 Å². The van der Waals surface area contributed by atoms with E-state index in [0.29, 0.717) is 23.3 Å². The summed E-state index contributed by atoms with van der Waals surface area (Å²) in [6.45, 7) is 8.79. The number of para-hydroxylation sites is 1. The van der Waals surface area contributed by atoms with Crippen LogP contribution in [0.25, 0.3) is 17.1 Å². The molecule has 0 atom stereocenters. The summed E-state index contributed by atoms with van der Waals surface area (Å²) in [5.41, 5.74) is 3.61. The molecule has 0 saturated heterocycles. The fraction of sp³-hybridized carbons (Fsp3) is 0.241. The first-order chi connectivity index (χ1) is 18.3. The van der Waals surface area contributed by atoms with Crippen LogP contribution in [0.3, 0.4) is 0 Å². The van der Waals surface area contributed by atoms with Gasteiger partial charge in [-0.2, -0.15) is 5.10 Å². The average molecular weight is 527 g/mol. The number of furan rings is 1. The van der Waals surface area contributed by atoms with Crippen LogP contribution in [-0.4, -0.2) is 36.2 Å². The van der Waals surface area contributed by atoms with Crippen LogP contribution in [0.1, 0.15) is 37.8 Å². The van der Waals surface area contributed by atoms with Gasteiger partial charge in [-0.3, -0.25) is 9.36 Å². The second-order valence-corrected chi connectivity index (χ2v) is 11.0. The molecular formula is C29H30N6O2S. The molecule has 1 N–H and O–H groups in total. The molecule has 0 spiro atoms. The largest absolute Gasteiger partial charge is 0.469 e. The highest BCUT2D eigenvalue weighted by Crippen LogP contribution is 2.29. The van der Waals surface area contributed by atoms with Crippen molar-refractivity contribution in [3.63, 3.8) is 0 Å². The molecule has 5 aromatic rings. The number of amides is 1. The van der Waals surface area contributed by atoms with E-state index >= 15 is 0 Å². The summed E-state index contributed by atoms with van der Waals surface area (Å²) in [6.07, 6.45) is 1.65. The van der Waals surface area contributed by atoms with Crippen LogP contribution in [0.2, 0.25) is 0 Å². The van der Waals surface area contributed by atoms with Crippen molar-refractivity contribution in [2.24, 2.45) is 0 Å². The first-order valence-corrected chi connectivity index (χ1v) is 13.4. The number of anilines is 1. The van der Waals surface area contributed by atoms with Gasteiger partial charge in [-0.05, 0) is 30.7 Å². The molecule has 0 fully saturated rings. The van der Waals surface area contributed by atoms with Gasteiger partial charge in [-0.25, -0.2) is 4.68 Å². The van der Waals surface area contributed by atoms with Gasteiger partial charge in [0.25, 0.3) is 0 Å². The molecule has 9 heteroatoms. The van der Waals surface area contributed by atoms with Crippen molar-refractivity contribution in [1.29, 1.82) is 0 Å². The Morgan fingerprint density at radius 3 is 2.37 bits per heavy atom. The molecule has 194 valence electrons. The zero-order valence-electron chi connectivity index (χ0n) is 21.9. The lowest BCUT2D eigenvalue weighted by molar-refractivity contribution is -0.113. The van der Waals surface area contributed by atoms with Gasteiger partial charge in [0.15, 0.2) is 11.0 Å². The lowest BCUT2D eigenvalue weighted by Gasteiger charge is -2.14. The smallest absolute Gasteiger partial charge is 0.236 e. The Hall–Kier alpha value is -4.11. The van der Waals surface area contributed by atoms with E-state index < -0.39 is 0 Å². The zero-order chi connectivity index (χ0) is 26.7. The van der Waals surface area contributed by atoms with Crippen LogP contribution in [-0.2, 0) is 16.8 Å². The number of benzene rings is 2. The molecule has 3 heterocycles. The number of carbonyl (C=O) groups is 1. The van der Waals surface area contributed by atoms with Crippen molar-refractivity contribution in [3.8, 4) is 17.1 Å². The van der Waals surface area contributed by atoms with Gasteiger partial charge in [-0.1, -0.05) is 81.1 Å². The molecule has 5 rings (SSSR count). The van der Waals surface area contributed by atoms with Crippen molar-refractivity contribution in [1.82, 2.24) is 24.5 Å². The minimum absolute atomic E-state index is 0.150. The van der Waals surface area contributed by atoms with Crippen molar-refractivity contribution in [3.05, 3.63) is 96.1 Å². The summed E-state index contributed by atoms with van der Waals surface area (Å²) in [7, 11) is 0. The summed E-state index contributed by atoms with van der Waals surface area (Å²) in [6, 6.07) is 23.7. The summed E-state index contributed by atoms with van der Waals surface area (Å²) >= 11 is 1.35. The Labute approximate surface area is 226 Å². The van der Waals surface area contributed by atoms with Gasteiger partial charge in [0.1, 0.15) is 11.6 Å². The predicted octanol–water partition coefficient (Wildman–Crippen LogP) is 6.11. The Morgan fingerprint density at radius 1 is 1.00 bits per heavy atom. The number of aryl methyl sites for hydroxylation is 1. The summed E-state index contributed by atoms with van der Waals surface area (Å²) in [5, 5.41) is 17.4. The fourth-order valence-corrected chi connectivity index (χ4v) is 4.77. The number of thioether (sulfide) groups is 1. The highest BCUT2D eigenvalue weighted by molar-refractivity contribution is 7.99. The minimum Gasteiger partial charge on any atom is -0.469 e. The predicted molar refractivity (Wildman–Crippen MR) is 150 cm³/mol. The van der Waals surface area contributed by atoms with Gasteiger partial charge in [0, 0.05) is 11.5 Å². The van der Waals surface area contributed by atoms with Gasteiger partial charge in [0.05, 0.1) is 35.5 Å². The second-order valence-electron chi connectivity index (χ2n) is 10.0. The SMILES string of the molecule is Cc1occc1-c1nnc(SCC(=O)Nc2cc(C(C)(C)C)nn2-c2ccccc2)n1Cc1ccccc1. The van der Waals surface area contributed by atoms with E-state index in [1.54, 1.807) is 10.9 Å². The Bertz CT molecular complexity index is 1530. The van der Waals surface area contributed by atoms with Crippen molar-refractivity contribution < 1.29 is 9.21 Å². The standard InChI is InChI=1S/C29H30N6O2S/c1-20-23(15-16-37-20)27-31-32-28(34(27)18-21-11-7-5-8-12-21)38-19-26(36)30-25-17-24(29(2,3)4)33-35(25)22-13-9-6-10-14-22/h5-17H,18-19H2,1-4H3,(H,30,36). The lowest BCUT2D eigenvalue weighted by Crippen LogP contribution is -2.17. The lowest BCUT2D eigenvalue weighted by atomic mass is 9.92. The van der Waals surface area contributed by atoms with Gasteiger partial charge in [0.2, 0.25) is 5.91 Å². The maximum atomic E-state index is 13.1. The second kappa shape index (κ2) is 10.7. The van der Waals surface area contributed by atoms with E-state index in [1.165, 1.54) is 11.8 Å². The normalized spacial score (nSPS) is 11.6. The highest BCUT2D eigenvalue weighted by Gasteiger charge is 2.22. The van der Waals surface area contributed by atoms with Crippen LogP contribution in [0, 0.1) is 6.92 Å². The minimum atomic E-state index is -0.163. The Balaban J connectivity index is 1.38. The number of aromatic nitrogens is 5. The first kappa shape index (κ1) is 25.5. The maximum absolute atomic E-state index is 13.1. The number of hydrogen-bond donors (Lipinski definition) is 1. The molecule has 38 heavy (non-hydrogen) atoms. The molecule has 0 aliphatic carbocycles. The number of hydrogen-bond acceptors (Lipinski definition) is 6. The topological polar surface area (TPSA) is 90.8 Å². The fourth-order valence-electron chi connectivity index (χ4n) is 4.03. The molecule has 0 aliphatic heterocycles. The van der Waals surface area contributed by atoms with E-state index in [9.17, 15) is 4.79 Å². The number of rotatable bonds is 8. The van der Waals surface area contributed by atoms with Crippen LogP contribution < -0.4 is 5.32 Å². The third kappa shape index (κ3) is 5.57. The van der Waals surface area contributed by atoms with Gasteiger partial charge < -0.3 is 9.73 Å². The summed E-state index contributed by atoms with van der Waals surface area (Å²) in [4.78, 5) is 13.1. The highest BCUT2D eigenvalue weighted by atomic mass is 32.2. The first-order valence-electron chi connectivity index (χ1n) is 12.4. The van der Waals surface area contributed by atoms with Crippen molar-refractivity contribution >= 4 is 23.5 Å². The van der Waals surface area contributed by atoms with E-state index in [0.717, 1.165) is 28.3 Å². The maximum Gasteiger partial charge on any atom is 0.236 e. The molecule has 1 amide bonds. The number of carbonyl (C=O) groups excluding carboxylic acids is 1. The average Bonchev–Trinajstić information content (AvgIpc) is 3.62. The Kier molecular flexibility index (Phi) is 7.20. The molecule has 0 saturated carbocycles. The number of nitrogens with zero attached hydrogens (tertiary/aromatic N) is 5.